The van der Waals surface area contributed by atoms with E-state index in [1.807, 2.05) is 48.5 Å². The molecule has 0 unspecified atom stereocenters. The number of carbonyl (C=O) groups excluding carboxylic acids is 1. The van der Waals surface area contributed by atoms with Crippen LogP contribution >= 0.6 is 0 Å². The minimum absolute atomic E-state index is 0.00758. The number of nitrogens with zero attached hydrogens (tertiary/aromatic N) is 3. The van der Waals surface area contributed by atoms with E-state index in [-0.39, 0.29) is 5.91 Å². The Hall–Kier alpha value is -2.88. The molecule has 2 aromatic rings. The van der Waals surface area contributed by atoms with Gasteiger partial charge in [-0.25, -0.2) is 0 Å². The lowest BCUT2D eigenvalue weighted by molar-refractivity contribution is -0.116. The van der Waals surface area contributed by atoms with Gasteiger partial charge < -0.3 is 15.0 Å². The minimum atomic E-state index is 0.00758. The van der Waals surface area contributed by atoms with Crippen molar-refractivity contribution in [2.45, 2.75) is 19.4 Å². The van der Waals surface area contributed by atoms with Gasteiger partial charge in [-0.3, -0.25) is 9.69 Å². The molecule has 1 aliphatic rings. The number of nitriles is 1. The van der Waals surface area contributed by atoms with E-state index < -0.39 is 0 Å². The number of amides is 1. The molecule has 0 bridgehead atoms. The zero-order valence-electron chi connectivity index (χ0n) is 16.9. The van der Waals surface area contributed by atoms with Crippen LogP contribution in [0.1, 0.15) is 24.0 Å². The van der Waals surface area contributed by atoms with Crippen molar-refractivity contribution >= 4 is 11.6 Å². The van der Waals surface area contributed by atoms with Crippen molar-refractivity contribution in [1.82, 2.24) is 9.80 Å². The molecule has 0 radical (unpaired) electrons. The lowest BCUT2D eigenvalue weighted by Crippen LogP contribution is -2.32. The molecule has 1 amide bonds. The van der Waals surface area contributed by atoms with Crippen molar-refractivity contribution in [2.75, 3.05) is 45.2 Å². The summed E-state index contributed by atoms with van der Waals surface area (Å²) >= 11 is 0. The highest BCUT2D eigenvalue weighted by Crippen LogP contribution is 2.23. The fourth-order valence-corrected chi connectivity index (χ4v) is 3.57. The summed E-state index contributed by atoms with van der Waals surface area (Å²) in [6.07, 6.45) is 1.55. The van der Waals surface area contributed by atoms with Crippen LogP contribution in [0.2, 0.25) is 0 Å². The van der Waals surface area contributed by atoms with Crippen LogP contribution in [0.3, 0.4) is 0 Å². The molecule has 0 aromatic heterocycles. The summed E-state index contributed by atoms with van der Waals surface area (Å²) in [4.78, 5) is 17.1. The van der Waals surface area contributed by atoms with E-state index in [4.69, 9.17) is 10.00 Å². The third-order valence-corrected chi connectivity index (χ3v) is 5.21. The maximum Gasteiger partial charge on any atom is 0.225 e. The highest BCUT2D eigenvalue weighted by Gasteiger charge is 2.16. The van der Waals surface area contributed by atoms with Gasteiger partial charge in [0.2, 0.25) is 5.91 Å². The molecule has 6 nitrogen and oxygen atoms in total. The molecule has 1 aliphatic heterocycles. The maximum atomic E-state index is 12.3. The maximum absolute atomic E-state index is 12.3. The van der Waals surface area contributed by atoms with Gasteiger partial charge in [0.15, 0.2) is 0 Å². The zero-order chi connectivity index (χ0) is 20.5. The quantitative estimate of drug-likeness (QED) is 0.784. The van der Waals surface area contributed by atoms with Crippen LogP contribution in [0.25, 0.3) is 0 Å². The molecule has 0 atom stereocenters. The number of para-hydroxylation sites is 2. The topological polar surface area (TPSA) is 68.6 Å². The second-order valence-electron chi connectivity index (χ2n) is 7.28. The molecule has 1 N–H and O–H groups in total. The van der Waals surface area contributed by atoms with Crippen molar-refractivity contribution in [1.29, 1.82) is 5.26 Å². The lowest BCUT2D eigenvalue weighted by Gasteiger charge is -2.21. The van der Waals surface area contributed by atoms with E-state index in [0.717, 1.165) is 45.7 Å². The van der Waals surface area contributed by atoms with Crippen molar-refractivity contribution < 1.29 is 9.53 Å². The first-order valence-electron chi connectivity index (χ1n) is 10.0. The van der Waals surface area contributed by atoms with Crippen LogP contribution in [-0.4, -0.2) is 55.5 Å². The summed E-state index contributed by atoms with van der Waals surface area (Å²) in [5, 5.41) is 11.9. The average molecular weight is 393 g/mol. The van der Waals surface area contributed by atoms with Crippen LogP contribution in [0.4, 0.5) is 5.69 Å². The average Bonchev–Trinajstić information content (AvgIpc) is 2.98. The Morgan fingerprint density at radius 2 is 1.79 bits per heavy atom. The molecule has 0 saturated carbocycles. The fourth-order valence-electron chi connectivity index (χ4n) is 3.57. The van der Waals surface area contributed by atoms with Crippen molar-refractivity contribution in [3.05, 3.63) is 59.7 Å². The number of hydrogen-bond acceptors (Lipinski definition) is 5. The summed E-state index contributed by atoms with van der Waals surface area (Å²) < 4.78 is 5.28. The summed E-state index contributed by atoms with van der Waals surface area (Å²) in [5.74, 6) is 0.683. The fraction of sp³-hybridized carbons (Fsp3) is 0.391. The van der Waals surface area contributed by atoms with Gasteiger partial charge in [-0.2, -0.15) is 5.26 Å². The second kappa shape index (κ2) is 10.6. The van der Waals surface area contributed by atoms with Crippen LogP contribution in [0, 0.1) is 11.3 Å². The summed E-state index contributed by atoms with van der Waals surface area (Å²) in [6.45, 7) is 5.64. The van der Waals surface area contributed by atoms with Crippen LogP contribution in [0.5, 0.6) is 5.75 Å². The lowest BCUT2D eigenvalue weighted by atomic mass is 10.1. The molecule has 152 valence electrons. The normalized spacial score (nSPS) is 15.3. The molecule has 2 aromatic carbocycles. The zero-order valence-corrected chi connectivity index (χ0v) is 16.9. The van der Waals surface area contributed by atoms with E-state index in [9.17, 15) is 4.79 Å². The molecule has 1 heterocycles. The number of rotatable bonds is 7. The standard InChI is InChI=1S/C23H28N4O2/c1-29-22-6-3-2-5-21(22)25-23(28)11-14-26-12-4-13-27(16-15-26)18-20-9-7-19(17-24)8-10-20/h2-3,5-10H,4,11-16,18H2,1H3,(H,25,28). The Morgan fingerprint density at radius 1 is 1.07 bits per heavy atom. The molecular weight excluding hydrogens is 364 g/mol. The molecule has 0 spiro atoms. The monoisotopic (exact) mass is 392 g/mol. The first-order chi connectivity index (χ1) is 14.2. The van der Waals surface area contributed by atoms with Crippen molar-refractivity contribution in [3.8, 4) is 11.8 Å². The first-order valence-corrected chi connectivity index (χ1v) is 10.0. The summed E-state index contributed by atoms with van der Waals surface area (Å²) in [7, 11) is 1.60. The molecule has 29 heavy (non-hydrogen) atoms. The van der Waals surface area contributed by atoms with E-state index >= 15 is 0 Å². The molecular formula is C23H28N4O2. The second-order valence-corrected chi connectivity index (χ2v) is 7.28. The van der Waals surface area contributed by atoms with E-state index in [1.165, 1.54) is 5.56 Å². The van der Waals surface area contributed by atoms with E-state index in [1.54, 1.807) is 7.11 Å². The SMILES string of the molecule is COc1ccccc1NC(=O)CCN1CCCN(Cc2ccc(C#N)cc2)CC1. The Morgan fingerprint density at radius 3 is 2.55 bits per heavy atom. The van der Waals surface area contributed by atoms with E-state index in [2.05, 4.69) is 21.2 Å². The Kier molecular flexibility index (Phi) is 7.62. The third-order valence-electron chi connectivity index (χ3n) is 5.21. The van der Waals surface area contributed by atoms with Crippen LogP contribution in [-0.2, 0) is 11.3 Å². The Bertz CT molecular complexity index is 845. The number of benzene rings is 2. The van der Waals surface area contributed by atoms with Crippen molar-refractivity contribution in [3.63, 3.8) is 0 Å². The molecule has 0 aliphatic carbocycles. The van der Waals surface area contributed by atoms with Crippen LogP contribution in [0.15, 0.2) is 48.5 Å². The van der Waals surface area contributed by atoms with Crippen molar-refractivity contribution in [2.24, 2.45) is 0 Å². The third kappa shape index (κ3) is 6.31. The molecule has 1 saturated heterocycles. The van der Waals surface area contributed by atoms with Gasteiger partial charge >= 0.3 is 0 Å². The van der Waals surface area contributed by atoms with Gasteiger partial charge in [-0.15, -0.1) is 0 Å². The number of carbonyl (C=O) groups is 1. The minimum Gasteiger partial charge on any atom is -0.495 e. The number of nitrogens with one attached hydrogen (secondary N) is 1. The smallest absolute Gasteiger partial charge is 0.225 e. The highest BCUT2D eigenvalue weighted by molar-refractivity contribution is 5.92. The Balaban J connectivity index is 1.43. The predicted molar refractivity (Wildman–Crippen MR) is 114 cm³/mol. The van der Waals surface area contributed by atoms with Gasteiger partial charge in [-0.1, -0.05) is 24.3 Å². The summed E-state index contributed by atoms with van der Waals surface area (Å²) in [5.41, 5.74) is 2.64. The predicted octanol–water partition coefficient (Wildman–Crippen LogP) is 3.10. The van der Waals surface area contributed by atoms with Gasteiger partial charge in [0.05, 0.1) is 24.4 Å². The van der Waals surface area contributed by atoms with Crippen LogP contribution < -0.4 is 10.1 Å². The molecule has 1 fully saturated rings. The first kappa shape index (κ1) is 20.8. The summed E-state index contributed by atoms with van der Waals surface area (Å²) in [6, 6.07) is 17.4. The number of hydrogen-bond donors (Lipinski definition) is 1. The van der Waals surface area contributed by atoms with Gasteiger partial charge in [0.1, 0.15) is 5.75 Å². The number of ether oxygens (including phenoxy) is 1. The van der Waals surface area contributed by atoms with Gasteiger partial charge in [0.25, 0.3) is 0 Å². The van der Waals surface area contributed by atoms with Gasteiger partial charge in [0, 0.05) is 32.6 Å². The van der Waals surface area contributed by atoms with Gasteiger partial charge in [-0.05, 0) is 49.3 Å². The number of methoxy groups -OCH3 is 1. The molecule has 3 rings (SSSR count). The highest BCUT2D eigenvalue weighted by atomic mass is 16.5. The largest absolute Gasteiger partial charge is 0.495 e. The number of anilines is 1. The Labute approximate surface area is 172 Å². The molecule has 6 heteroatoms. The van der Waals surface area contributed by atoms with E-state index in [0.29, 0.717) is 23.4 Å².